The third-order valence-corrected chi connectivity index (χ3v) is 3.34. The molecule has 0 unspecified atom stereocenters. The highest BCUT2D eigenvalue weighted by Crippen LogP contribution is 2.24. The molecule has 118 valence electrons. The van der Waals surface area contributed by atoms with E-state index in [0.29, 0.717) is 17.0 Å². The number of hydrogen-bond acceptors (Lipinski definition) is 3. The molecule has 0 aromatic heterocycles. The third-order valence-electron chi connectivity index (χ3n) is 3.34. The molecule has 3 nitrogen and oxygen atoms in total. The number of rotatable bonds is 3. The lowest BCUT2D eigenvalue weighted by molar-refractivity contribution is 0.570. The van der Waals surface area contributed by atoms with Crippen LogP contribution in [0.3, 0.4) is 0 Å². The van der Waals surface area contributed by atoms with Gasteiger partial charge in [0.05, 0.1) is 11.6 Å². The van der Waals surface area contributed by atoms with E-state index in [1.807, 2.05) is 13.1 Å². The summed E-state index contributed by atoms with van der Waals surface area (Å²) in [5, 5.41) is 11.7. The number of aryl methyl sites for hydroxylation is 1. The van der Waals surface area contributed by atoms with Crippen molar-refractivity contribution in [2.45, 2.75) is 26.7 Å². The molecule has 23 heavy (non-hydrogen) atoms. The molecule has 0 spiro atoms. The molecule has 0 saturated heterocycles. The molecule has 0 radical (unpaired) electrons. The Balaban J connectivity index is 0.000000231. The summed E-state index contributed by atoms with van der Waals surface area (Å²) in [7, 11) is 1.97. The van der Waals surface area contributed by atoms with Crippen LogP contribution in [0.15, 0.2) is 42.5 Å². The first kappa shape index (κ1) is 18.2. The van der Waals surface area contributed by atoms with Crippen molar-refractivity contribution in [2.75, 3.05) is 12.4 Å². The van der Waals surface area contributed by atoms with Crippen LogP contribution in [0.2, 0.25) is 0 Å². The van der Waals surface area contributed by atoms with E-state index < -0.39 is 0 Å². The Morgan fingerprint density at radius 1 is 1.17 bits per heavy atom. The van der Waals surface area contributed by atoms with Gasteiger partial charge in [-0.1, -0.05) is 38.1 Å². The maximum absolute atomic E-state index is 9.91. The summed E-state index contributed by atoms with van der Waals surface area (Å²) < 4.78 is 0. The lowest BCUT2D eigenvalue weighted by atomic mass is 9.99. The van der Waals surface area contributed by atoms with Crippen molar-refractivity contribution in [1.29, 1.82) is 5.26 Å². The molecule has 0 saturated carbocycles. The molecular formula is C20H22N2O. The van der Waals surface area contributed by atoms with Crippen molar-refractivity contribution in [2.24, 2.45) is 0 Å². The van der Waals surface area contributed by atoms with Gasteiger partial charge in [-0.25, -0.2) is 4.79 Å². The quantitative estimate of drug-likeness (QED) is 0.845. The summed E-state index contributed by atoms with van der Waals surface area (Å²) in [4.78, 5) is 9.91. The average Bonchev–Trinajstić information content (AvgIpc) is 2.55. The number of anilines is 1. The molecule has 1 N–H and O–H groups in total. The summed E-state index contributed by atoms with van der Waals surface area (Å²) >= 11 is 0. The molecule has 0 bridgehead atoms. The van der Waals surface area contributed by atoms with Crippen LogP contribution in [0, 0.1) is 18.3 Å². The van der Waals surface area contributed by atoms with Crippen LogP contribution < -0.4 is 5.32 Å². The molecule has 2 aromatic rings. The summed E-state index contributed by atoms with van der Waals surface area (Å²) in [5.74, 6) is 2.24. The average molecular weight is 306 g/mol. The van der Waals surface area contributed by atoms with Crippen molar-refractivity contribution in [1.82, 2.24) is 0 Å². The zero-order chi connectivity index (χ0) is 17.2. The SMILES string of the molecule is CNc1cc(C)ccc1C(C)C.N#Cc1cccc(C=C=O)c1. The van der Waals surface area contributed by atoms with E-state index in [4.69, 9.17) is 5.26 Å². The number of nitriles is 1. The highest BCUT2D eigenvalue weighted by atomic mass is 16.1. The Morgan fingerprint density at radius 2 is 1.91 bits per heavy atom. The first-order valence-electron chi connectivity index (χ1n) is 7.51. The van der Waals surface area contributed by atoms with Crippen molar-refractivity contribution < 1.29 is 4.79 Å². The second-order valence-corrected chi connectivity index (χ2v) is 5.49. The fraction of sp³-hybridized carbons (Fsp3) is 0.250. The van der Waals surface area contributed by atoms with Gasteiger partial charge in [0, 0.05) is 18.8 Å². The third kappa shape index (κ3) is 5.82. The second kappa shape index (κ2) is 9.25. The standard InChI is InChI=1S/C11H17N.C9H5NO/c1-8(2)10-6-5-9(3)7-11(10)12-4;10-7-9-3-1-2-8(6-9)4-5-11/h5-8,12H,1-4H3;1-4,6H. The Bertz CT molecular complexity index is 736. The summed E-state index contributed by atoms with van der Waals surface area (Å²) in [6.07, 6.45) is 1.29. The molecular weight excluding hydrogens is 284 g/mol. The van der Waals surface area contributed by atoms with Crippen LogP contribution in [0.1, 0.15) is 42.0 Å². The topological polar surface area (TPSA) is 52.9 Å². The summed E-state index contributed by atoms with van der Waals surface area (Å²) in [5.41, 5.74) is 5.21. The van der Waals surface area contributed by atoms with Gasteiger partial charge in [0.25, 0.3) is 0 Å². The molecule has 3 heteroatoms. The fourth-order valence-electron chi connectivity index (χ4n) is 2.16. The number of benzene rings is 2. The van der Waals surface area contributed by atoms with Crippen LogP contribution in [-0.4, -0.2) is 13.0 Å². The first-order valence-corrected chi connectivity index (χ1v) is 7.51. The van der Waals surface area contributed by atoms with Crippen molar-refractivity contribution >= 4 is 17.7 Å². The second-order valence-electron chi connectivity index (χ2n) is 5.49. The van der Waals surface area contributed by atoms with Gasteiger partial charge >= 0.3 is 0 Å². The van der Waals surface area contributed by atoms with E-state index in [9.17, 15) is 4.79 Å². The fourth-order valence-corrected chi connectivity index (χ4v) is 2.16. The predicted molar refractivity (Wildman–Crippen MR) is 96.1 cm³/mol. The van der Waals surface area contributed by atoms with Gasteiger partial charge < -0.3 is 5.32 Å². The molecule has 0 aliphatic heterocycles. The van der Waals surface area contributed by atoms with Gasteiger partial charge in [0.1, 0.15) is 5.94 Å². The van der Waals surface area contributed by atoms with Gasteiger partial charge in [-0.15, -0.1) is 0 Å². The molecule has 0 atom stereocenters. The largest absolute Gasteiger partial charge is 0.388 e. The zero-order valence-corrected chi connectivity index (χ0v) is 14.1. The molecule has 2 aromatic carbocycles. The normalized spacial score (nSPS) is 9.22. The predicted octanol–water partition coefficient (Wildman–Crippen LogP) is 4.56. The maximum atomic E-state index is 9.91. The smallest absolute Gasteiger partial charge is 0.125 e. The lowest BCUT2D eigenvalue weighted by Gasteiger charge is -2.12. The van der Waals surface area contributed by atoms with Crippen LogP contribution in [0.4, 0.5) is 5.69 Å². The molecule has 0 heterocycles. The Morgan fingerprint density at radius 3 is 2.48 bits per heavy atom. The van der Waals surface area contributed by atoms with E-state index in [2.05, 4.69) is 44.3 Å². The zero-order valence-electron chi connectivity index (χ0n) is 14.1. The lowest BCUT2D eigenvalue weighted by Crippen LogP contribution is -1.97. The van der Waals surface area contributed by atoms with Crippen molar-refractivity contribution in [3.8, 4) is 6.07 Å². The van der Waals surface area contributed by atoms with Crippen LogP contribution in [0.25, 0.3) is 6.08 Å². The molecule has 0 fully saturated rings. The molecule has 0 aliphatic carbocycles. The van der Waals surface area contributed by atoms with Gasteiger partial charge in [0.15, 0.2) is 0 Å². The minimum atomic E-state index is 0.550. The van der Waals surface area contributed by atoms with Crippen LogP contribution in [-0.2, 0) is 4.79 Å². The van der Waals surface area contributed by atoms with Crippen molar-refractivity contribution in [3.05, 3.63) is 64.7 Å². The van der Waals surface area contributed by atoms with Crippen LogP contribution in [0.5, 0.6) is 0 Å². The molecule has 0 aliphatic rings. The number of nitrogens with zero attached hydrogens (tertiary/aromatic N) is 1. The van der Waals surface area contributed by atoms with E-state index in [1.54, 1.807) is 30.2 Å². The monoisotopic (exact) mass is 306 g/mol. The van der Waals surface area contributed by atoms with E-state index >= 15 is 0 Å². The highest BCUT2D eigenvalue weighted by molar-refractivity contribution is 5.75. The van der Waals surface area contributed by atoms with E-state index in [1.165, 1.54) is 22.9 Å². The molecule has 0 amide bonds. The number of carbonyl (C=O) groups excluding carboxylic acids is 1. The summed E-state index contributed by atoms with van der Waals surface area (Å²) in [6, 6.07) is 15.3. The number of hydrogen-bond donors (Lipinski definition) is 1. The maximum Gasteiger partial charge on any atom is 0.125 e. The van der Waals surface area contributed by atoms with Gasteiger partial charge in [0.2, 0.25) is 0 Å². The van der Waals surface area contributed by atoms with Gasteiger partial charge in [-0.2, -0.15) is 5.26 Å². The van der Waals surface area contributed by atoms with Gasteiger partial charge in [-0.3, -0.25) is 0 Å². The Hall–Kier alpha value is -2.82. The van der Waals surface area contributed by atoms with E-state index in [0.717, 1.165) is 0 Å². The number of nitrogens with one attached hydrogen (secondary N) is 1. The van der Waals surface area contributed by atoms with Gasteiger partial charge in [-0.05, 0) is 47.7 Å². The van der Waals surface area contributed by atoms with E-state index in [-0.39, 0.29) is 0 Å². The molecule has 2 rings (SSSR count). The Labute approximate surface area is 138 Å². The van der Waals surface area contributed by atoms with Crippen molar-refractivity contribution in [3.63, 3.8) is 0 Å². The Kier molecular flexibility index (Phi) is 7.33. The minimum Gasteiger partial charge on any atom is -0.388 e. The highest BCUT2D eigenvalue weighted by Gasteiger charge is 2.04. The minimum absolute atomic E-state index is 0.550. The summed E-state index contributed by atoms with van der Waals surface area (Å²) in [6.45, 7) is 6.54. The van der Waals surface area contributed by atoms with Crippen LogP contribution >= 0.6 is 0 Å². The first-order chi connectivity index (χ1) is 11.0.